The first kappa shape index (κ1) is 18.5. The highest BCUT2D eigenvalue weighted by atomic mass is 79.9. The third kappa shape index (κ3) is 5.04. The molecule has 0 aromatic carbocycles. The van der Waals surface area contributed by atoms with Crippen LogP contribution in [0.4, 0.5) is 26.3 Å². The molecule has 11 heteroatoms. The molecule has 0 aliphatic rings. The van der Waals surface area contributed by atoms with Crippen molar-refractivity contribution < 1.29 is 40.6 Å². The summed E-state index contributed by atoms with van der Waals surface area (Å²) in [6, 6.07) is 0.506. The minimum absolute atomic E-state index is 0.410. The van der Waals surface area contributed by atoms with Crippen molar-refractivity contribution in [2.45, 2.75) is 24.3 Å². The molecule has 0 aliphatic carbocycles. The fourth-order valence-corrected chi connectivity index (χ4v) is 2.03. The molecular formula is C11H8BrF6NO3. The number of carbonyl (C=O) groups excluding carboxylic acids is 1. The minimum atomic E-state index is -5.13. The maximum atomic E-state index is 13.0. The Morgan fingerprint density at radius 1 is 1.27 bits per heavy atom. The van der Waals surface area contributed by atoms with E-state index in [2.05, 4.69) is 30.4 Å². The van der Waals surface area contributed by atoms with E-state index in [1.54, 1.807) is 0 Å². The third-order valence-electron chi connectivity index (χ3n) is 2.34. The number of carbonyl (C=O) groups is 1. The molecule has 1 heterocycles. The van der Waals surface area contributed by atoms with E-state index in [0.717, 1.165) is 7.11 Å². The molecule has 0 bridgehead atoms. The van der Waals surface area contributed by atoms with Gasteiger partial charge in [0.1, 0.15) is 0 Å². The van der Waals surface area contributed by atoms with Gasteiger partial charge in [0.05, 0.1) is 24.8 Å². The number of rotatable bonds is 4. The Bertz CT molecular complexity index is 558. The molecular weight excluding hydrogens is 388 g/mol. The largest absolute Gasteiger partial charge is 0.574 e. The van der Waals surface area contributed by atoms with Gasteiger partial charge in [0.2, 0.25) is 5.88 Å². The number of nitrogens with zero attached hydrogens (tertiary/aromatic N) is 1. The molecule has 124 valence electrons. The monoisotopic (exact) mass is 395 g/mol. The fraction of sp³-hybridized carbons (Fsp3) is 0.455. The second-order valence-electron chi connectivity index (χ2n) is 3.87. The molecule has 0 spiro atoms. The second kappa shape index (κ2) is 6.71. The Kier molecular flexibility index (Phi) is 5.65. The van der Waals surface area contributed by atoms with Crippen LogP contribution < -0.4 is 4.74 Å². The van der Waals surface area contributed by atoms with Crippen molar-refractivity contribution in [1.82, 2.24) is 4.98 Å². The molecule has 0 amide bonds. The maximum absolute atomic E-state index is 13.0. The molecule has 0 aliphatic heterocycles. The number of hydrogen-bond donors (Lipinski definition) is 0. The van der Waals surface area contributed by atoms with E-state index in [-0.39, 0.29) is 0 Å². The van der Waals surface area contributed by atoms with Gasteiger partial charge in [0.25, 0.3) is 0 Å². The normalized spacial score (nSPS) is 12.2. The molecule has 0 radical (unpaired) electrons. The Morgan fingerprint density at radius 3 is 2.27 bits per heavy atom. The van der Waals surface area contributed by atoms with Crippen molar-refractivity contribution in [2.75, 3.05) is 7.11 Å². The summed E-state index contributed by atoms with van der Waals surface area (Å²) in [7, 11) is 0.928. The first-order valence-electron chi connectivity index (χ1n) is 5.46. The van der Waals surface area contributed by atoms with Crippen LogP contribution in [0.1, 0.15) is 16.8 Å². The van der Waals surface area contributed by atoms with Gasteiger partial charge in [-0.3, -0.25) is 4.79 Å². The Hall–Kier alpha value is -1.52. The molecule has 1 aromatic rings. The van der Waals surface area contributed by atoms with Crippen molar-refractivity contribution in [2.24, 2.45) is 0 Å². The van der Waals surface area contributed by atoms with E-state index >= 15 is 0 Å². The highest BCUT2D eigenvalue weighted by molar-refractivity contribution is 9.08. The molecule has 22 heavy (non-hydrogen) atoms. The molecule has 1 rings (SSSR count). The predicted octanol–water partition coefficient (Wildman–Crippen LogP) is 3.61. The van der Waals surface area contributed by atoms with Crippen molar-refractivity contribution in [1.29, 1.82) is 0 Å². The standard InChI is InChI=1S/C11H8BrF6NO3/c1-21-8(20)3-6-9(10(13,14)15)5(4-12)2-7(19-6)22-11(16,17)18/h2H,3-4H2,1H3. The average molecular weight is 396 g/mol. The van der Waals surface area contributed by atoms with Crippen molar-refractivity contribution in [3.8, 4) is 5.88 Å². The number of aromatic nitrogens is 1. The summed E-state index contributed by atoms with van der Waals surface area (Å²) in [6.07, 6.45) is -11.0. The highest BCUT2D eigenvalue weighted by Crippen LogP contribution is 2.37. The minimum Gasteiger partial charge on any atom is -0.469 e. The number of esters is 1. The summed E-state index contributed by atoms with van der Waals surface area (Å²) in [5, 5.41) is -0.410. The zero-order valence-corrected chi connectivity index (χ0v) is 12.4. The first-order valence-corrected chi connectivity index (χ1v) is 6.58. The Morgan fingerprint density at radius 2 is 1.86 bits per heavy atom. The van der Waals surface area contributed by atoms with Crippen LogP contribution in [0.5, 0.6) is 5.88 Å². The van der Waals surface area contributed by atoms with Crippen LogP contribution in [0, 0.1) is 0 Å². The smallest absolute Gasteiger partial charge is 0.469 e. The molecule has 0 saturated heterocycles. The van der Waals surface area contributed by atoms with Crippen LogP contribution >= 0.6 is 15.9 Å². The second-order valence-corrected chi connectivity index (χ2v) is 4.43. The number of methoxy groups -OCH3 is 1. The van der Waals surface area contributed by atoms with Gasteiger partial charge in [-0.05, 0) is 5.56 Å². The van der Waals surface area contributed by atoms with Crippen molar-refractivity contribution >= 4 is 21.9 Å². The van der Waals surface area contributed by atoms with E-state index in [1.807, 2.05) is 0 Å². The molecule has 0 N–H and O–H groups in total. The number of alkyl halides is 7. The average Bonchev–Trinajstić information content (AvgIpc) is 2.34. The first-order chi connectivity index (χ1) is 9.97. The van der Waals surface area contributed by atoms with Gasteiger partial charge in [-0.2, -0.15) is 13.2 Å². The molecule has 1 aromatic heterocycles. The Balaban J connectivity index is 3.45. The van der Waals surface area contributed by atoms with E-state index < -0.39 is 53.0 Å². The van der Waals surface area contributed by atoms with E-state index in [1.165, 1.54) is 0 Å². The lowest BCUT2D eigenvalue weighted by Crippen LogP contribution is -2.22. The number of hydrogen-bond acceptors (Lipinski definition) is 4. The van der Waals surface area contributed by atoms with E-state index in [0.29, 0.717) is 6.07 Å². The lowest BCUT2D eigenvalue weighted by atomic mass is 10.0. The Labute approximate surface area is 128 Å². The van der Waals surface area contributed by atoms with Crippen LogP contribution in [0.15, 0.2) is 6.07 Å². The van der Waals surface area contributed by atoms with Gasteiger partial charge in [-0.1, -0.05) is 15.9 Å². The third-order valence-corrected chi connectivity index (χ3v) is 2.94. The number of pyridine rings is 1. The van der Waals surface area contributed by atoms with Crippen LogP contribution in [-0.2, 0) is 27.5 Å². The number of ether oxygens (including phenoxy) is 2. The zero-order chi connectivity index (χ0) is 17.1. The molecule has 0 fully saturated rings. The van der Waals surface area contributed by atoms with Gasteiger partial charge in [-0.15, -0.1) is 13.2 Å². The fourth-order valence-electron chi connectivity index (χ4n) is 1.59. The summed E-state index contributed by atoms with van der Waals surface area (Å²) >= 11 is 2.75. The number of halogens is 7. The predicted molar refractivity (Wildman–Crippen MR) is 64.3 cm³/mol. The lowest BCUT2D eigenvalue weighted by Gasteiger charge is -2.17. The topological polar surface area (TPSA) is 48.4 Å². The lowest BCUT2D eigenvalue weighted by molar-refractivity contribution is -0.276. The van der Waals surface area contributed by atoms with Gasteiger partial charge in [-0.25, -0.2) is 4.98 Å². The SMILES string of the molecule is COC(=O)Cc1nc(OC(F)(F)F)cc(CBr)c1C(F)(F)F. The van der Waals surface area contributed by atoms with Gasteiger partial charge >= 0.3 is 18.5 Å². The van der Waals surface area contributed by atoms with Gasteiger partial charge < -0.3 is 9.47 Å². The van der Waals surface area contributed by atoms with Crippen molar-refractivity contribution in [3.63, 3.8) is 0 Å². The molecule has 0 unspecified atom stereocenters. The van der Waals surface area contributed by atoms with Gasteiger partial charge in [0, 0.05) is 11.4 Å². The van der Waals surface area contributed by atoms with Crippen LogP contribution in [0.3, 0.4) is 0 Å². The summed E-state index contributed by atoms with van der Waals surface area (Å²) in [5.41, 5.74) is -2.75. The summed E-state index contributed by atoms with van der Waals surface area (Å²) in [4.78, 5) is 14.3. The quantitative estimate of drug-likeness (QED) is 0.444. The summed E-state index contributed by atoms with van der Waals surface area (Å²) in [6.45, 7) is 0. The highest BCUT2D eigenvalue weighted by Gasteiger charge is 2.39. The summed E-state index contributed by atoms with van der Waals surface area (Å²) < 4.78 is 83.4. The van der Waals surface area contributed by atoms with Crippen LogP contribution in [-0.4, -0.2) is 24.4 Å². The van der Waals surface area contributed by atoms with Crippen LogP contribution in [0.2, 0.25) is 0 Å². The zero-order valence-electron chi connectivity index (χ0n) is 10.8. The van der Waals surface area contributed by atoms with E-state index in [4.69, 9.17) is 0 Å². The molecule has 0 saturated carbocycles. The maximum Gasteiger partial charge on any atom is 0.574 e. The molecule has 4 nitrogen and oxygen atoms in total. The van der Waals surface area contributed by atoms with E-state index in [9.17, 15) is 31.1 Å². The van der Waals surface area contributed by atoms with Crippen molar-refractivity contribution in [3.05, 3.63) is 22.9 Å². The van der Waals surface area contributed by atoms with Gasteiger partial charge in [0.15, 0.2) is 0 Å². The van der Waals surface area contributed by atoms with Crippen LogP contribution in [0.25, 0.3) is 0 Å². The summed E-state index contributed by atoms with van der Waals surface area (Å²) in [5.74, 6) is -2.17. The molecule has 0 atom stereocenters.